The molecule has 126 valence electrons. The highest BCUT2D eigenvalue weighted by Crippen LogP contribution is 2.32. The summed E-state index contributed by atoms with van der Waals surface area (Å²) in [5.74, 6) is 2.10. The number of nitrogens with one attached hydrogen (secondary N) is 2. The van der Waals surface area contributed by atoms with Gasteiger partial charge in [-0.25, -0.2) is 4.98 Å². The molecule has 2 aliphatic rings. The van der Waals surface area contributed by atoms with Crippen LogP contribution in [-0.4, -0.2) is 51.5 Å². The lowest BCUT2D eigenvalue weighted by molar-refractivity contribution is -0.136. The van der Waals surface area contributed by atoms with Crippen LogP contribution in [0.4, 0.5) is 0 Å². The van der Waals surface area contributed by atoms with Crippen molar-refractivity contribution in [2.75, 3.05) is 19.6 Å². The van der Waals surface area contributed by atoms with Gasteiger partial charge in [0, 0.05) is 32.0 Å². The van der Waals surface area contributed by atoms with Crippen LogP contribution in [0.2, 0.25) is 0 Å². The second-order valence-electron chi connectivity index (χ2n) is 6.63. The van der Waals surface area contributed by atoms with Crippen LogP contribution in [-0.2, 0) is 16.0 Å². The van der Waals surface area contributed by atoms with E-state index < -0.39 is 0 Å². The van der Waals surface area contributed by atoms with Crippen molar-refractivity contribution in [1.82, 2.24) is 25.4 Å². The van der Waals surface area contributed by atoms with E-state index in [1.165, 1.54) is 0 Å². The molecule has 1 aromatic heterocycles. The molecule has 1 aliphatic carbocycles. The number of rotatable bonds is 6. The summed E-state index contributed by atoms with van der Waals surface area (Å²) < 4.78 is 0. The third-order valence-electron chi connectivity index (χ3n) is 4.55. The normalized spacial score (nSPS) is 21.3. The van der Waals surface area contributed by atoms with Crippen LogP contribution < -0.4 is 5.32 Å². The van der Waals surface area contributed by atoms with Gasteiger partial charge in [-0.2, -0.15) is 5.10 Å². The van der Waals surface area contributed by atoms with Crippen molar-refractivity contribution in [1.29, 1.82) is 0 Å². The van der Waals surface area contributed by atoms with Crippen molar-refractivity contribution in [2.24, 2.45) is 11.8 Å². The maximum absolute atomic E-state index is 12.3. The van der Waals surface area contributed by atoms with Crippen LogP contribution in [0, 0.1) is 18.8 Å². The average Bonchev–Trinajstić information content (AvgIpc) is 3.33. The monoisotopic (exact) mass is 319 g/mol. The van der Waals surface area contributed by atoms with Crippen LogP contribution >= 0.6 is 0 Å². The molecule has 2 fully saturated rings. The first-order valence-electron chi connectivity index (χ1n) is 8.58. The molecule has 2 amide bonds. The van der Waals surface area contributed by atoms with E-state index in [0.717, 1.165) is 56.7 Å². The summed E-state index contributed by atoms with van der Waals surface area (Å²) in [6.07, 6.45) is 5.41. The largest absolute Gasteiger partial charge is 0.356 e. The molecule has 0 spiro atoms. The van der Waals surface area contributed by atoms with Gasteiger partial charge in [-0.3, -0.25) is 14.7 Å². The molecule has 1 saturated carbocycles. The number of H-pyrrole nitrogens is 1. The molecule has 23 heavy (non-hydrogen) atoms. The molecule has 1 aliphatic heterocycles. The van der Waals surface area contributed by atoms with Gasteiger partial charge in [0.25, 0.3) is 0 Å². The van der Waals surface area contributed by atoms with Gasteiger partial charge in [-0.05, 0) is 39.0 Å². The number of nitrogens with zero attached hydrogens (tertiary/aromatic N) is 3. The Kier molecular flexibility index (Phi) is 4.93. The smallest absolute Gasteiger partial charge is 0.225 e. The Morgan fingerprint density at radius 2 is 2.13 bits per heavy atom. The molecule has 1 saturated heterocycles. The van der Waals surface area contributed by atoms with Crippen molar-refractivity contribution >= 4 is 11.8 Å². The van der Waals surface area contributed by atoms with Crippen LogP contribution in [0.15, 0.2) is 0 Å². The van der Waals surface area contributed by atoms with Gasteiger partial charge in [0.1, 0.15) is 5.82 Å². The van der Waals surface area contributed by atoms with Gasteiger partial charge in [0.2, 0.25) is 11.8 Å². The number of aromatic nitrogens is 3. The number of hydrogen-bond acceptors (Lipinski definition) is 4. The lowest BCUT2D eigenvalue weighted by Gasteiger charge is -2.32. The zero-order valence-corrected chi connectivity index (χ0v) is 13.7. The first-order valence-corrected chi connectivity index (χ1v) is 8.58. The molecule has 2 heterocycles. The Morgan fingerprint density at radius 1 is 1.30 bits per heavy atom. The van der Waals surface area contributed by atoms with Gasteiger partial charge in [0.05, 0.1) is 5.92 Å². The SMILES string of the molecule is Cc1nc(CCCNC(=O)[C@@H]2CCCN(C(=O)C3CC3)C2)n[nH]1. The third-order valence-corrected chi connectivity index (χ3v) is 4.55. The summed E-state index contributed by atoms with van der Waals surface area (Å²) in [6, 6.07) is 0. The predicted molar refractivity (Wildman–Crippen MR) is 84.5 cm³/mol. The molecular weight excluding hydrogens is 294 g/mol. The molecule has 0 unspecified atom stereocenters. The fourth-order valence-electron chi connectivity index (χ4n) is 3.08. The number of aryl methyl sites for hydroxylation is 2. The first-order chi connectivity index (χ1) is 11.1. The average molecular weight is 319 g/mol. The summed E-state index contributed by atoms with van der Waals surface area (Å²) in [5, 5.41) is 9.89. The number of hydrogen-bond donors (Lipinski definition) is 2. The summed E-state index contributed by atoms with van der Waals surface area (Å²) in [5.41, 5.74) is 0. The van der Waals surface area contributed by atoms with Crippen molar-refractivity contribution in [2.45, 2.75) is 45.4 Å². The van der Waals surface area contributed by atoms with E-state index in [4.69, 9.17) is 0 Å². The number of likely N-dealkylation sites (tertiary alicyclic amines) is 1. The first kappa shape index (κ1) is 16.0. The van der Waals surface area contributed by atoms with E-state index in [2.05, 4.69) is 20.5 Å². The summed E-state index contributed by atoms with van der Waals surface area (Å²) in [4.78, 5) is 30.5. The lowest BCUT2D eigenvalue weighted by atomic mass is 9.96. The van der Waals surface area contributed by atoms with Gasteiger partial charge in [-0.15, -0.1) is 0 Å². The Bertz CT molecular complexity index is 567. The zero-order valence-electron chi connectivity index (χ0n) is 13.7. The fourth-order valence-corrected chi connectivity index (χ4v) is 3.08. The minimum Gasteiger partial charge on any atom is -0.356 e. The molecule has 0 aromatic carbocycles. The molecule has 7 nitrogen and oxygen atoms in total. The standard InChI is InChI=1S/C16H25N5O2/c1-11-18-14(20-19-11)5-2-8-17-15(22)13-4-3-9-21(10-13)16(23)12-6-7-12/h12-13H,2-10H2,1H3,(H,17,22)(H,18,19,20)/t13-/m1/s1. The molecule has 7 heteroatoms. The van der Waals surface area contributed by atoms with Crippen molar-refractivity contribution < 1.29 is 9.59 Å². The molecule has 1 aromatic rings. The van der Waals surface area contributed by atoms with Gasteiger partial charge < -0.3 is 10.2 Å². The maximum atomic E-state index is 12.3. The van der Waals surface area contributed by atoms with Crippen molar-refractivity contribution in [3.8, 4) is 0 Å². The molecule has 2 N–H and O–H groups in total. The van der Waals surface area contributed by atoms with Crippen LogP contribution in [0.25, 0.3) is 0 Å². The molecule has 3 rings (SSSR count). The van der Waals surface area contributed by atoms with E-state index >= 15 is 0 Å². The van der Waals surface area contributed by atoms with Crippen molar-refractivity contribution in [3.05, 3.63) is 11.6 Å². The maximum Gasteiger partial charge on any atom is 0.225 e. The Hall–Kier alpha value is -1.92. The summed E-state index contributed by atoms with van der Waals surface area (Å²) in [6.45, 7) is 3.89. The second kappa shape index (κ2) is 7.10. The number of piperidine rings is 1. The van der Waals surface area contributed by atoms with Crippen molar-refractivity contribution in [3.63, 3.8) is 0 Å². The number of amides is 2. The molecule has 0 bridgehead atoms. The molecule has 0 radical (unpaired) electrons. The summed E-state index contributed by atoms with van der Waals surface area (Å²) >= 11 is 0. The number of carbonyl (C=O) groups is 2. The Labute approximate surface area is 136 Å². The number of carbonyl (C=O) groups excluding carboxylic acids is 2. The van der Waals surface area contributed by atoms with E-state index in [0.29, 0.717) is 13.1 Å². The second-order valence-corrected chi connectivity index (χ2v) is 6.63. The Morgan fingerprint density at radius 3 is 2.83 bits per heavy atom. The summed E-state index contributed by atoms with van der Waals surface area (Å²) in [7, 11) is 0. The van der Waals surface area contributed by atoms with Gasteiger partial charge in [0.15, 0.2) is 5.82 Å². The number of aromatic amines is 1. The minimum absolute atomic E-state index is 0.0581. The quantitative estimate of drug-likeness (QED) is 0.759. The highest BCUT2D eigenvalue weighted by atomic mass is 16.2. The van der Waals surface area contributed by atoms with Crippen LogP contribution in [0.5, 0.6) is 0 Å². The predicted octanol–water partition coefficient (Wildman–Crippen LogP) is 0.811. The highest BCUT2D eigenvalue weighted by molar-refractivity contribution is 5.83. The Balaban J connectivity index is 1.38. The zero-order chi connectivity index (χ0) is 16.2. The van der Waals surface area contributed by atoms with E-state index in [1.54, 1.807) is 0 Å². The fraction of sp³-hybridized carbons (Fsp3) is 0.750. The van der Waals surface area contributed by atoms with Crippen LogP contribution in [0.1, 0.15) is 43.8 Å². The van der Waals surface area contributed by atoms with Gasteiger partial charge in [-0.1, -0.05) is 0 Å². The molecule has 1 atom stereocenters. The van der Waals surface area contributed by atoms with E-state index in [1.807, 2.05) is 11.8 Å². The molecular formula is C16H25N5O2. The minimum atomic E-state index is -0.0581. The highest BCUT2D eigenvalue weighted by Gasteiger charge is 2.36. The lowest BCUT2D eigenvalue weighted by Crippen LogP contribution is -2.46. The van der Waals surface area contributed by atoms with E-state index in [9.17, 15) is 9.59 Å². The van der Waals surface area contributed by atoms with Crippen LogP contribution in [0.3, 0.4) is 0 Å². The topological polar surface area (TPSA) is 91.0 Å². The van der Waals surface area contributed by atoms with Gasteiger partial charge >= 0.3 is 0 Å². The third kappa shape index (κ3) is 4.30. The van der Waals surface area contributed by atoms with E-state index in [-0.39, 0.29) is 23.7 Å².